The minimum absolute atomic E-state index is 0. The summed E-state index contributed by atoms with van der Waals surface area (Å²) in [6.07, 6.45) is 4.57. The van der Waals surface area contributed by atoms with Gasteiger partial charge in [0.1, 0.15) is 0 Å². The molecule has 0 saturated heterocycles. The third-order valence-corrected chi connectivity index (χ3v) is 3.52. The molecule has 0 unspecified atom stereocenters. The summed E-state index contributed by atoms with van der Waals surface area (Å²) < 4.78 is 0. The second-order valence-electron chi connectivity index (χ2n) is 4.74. The fourth-order valence-electron chi connectivity index (χ4n) is 2.37. The molecule has 4 heteroatoms. The van der Waals surface area contributed by atoms with E-state index in [1.807, 2.05) is 18.2 Å². The van der Waals surface area contributed by atoms with E-state index in [0.717, 1.165) is 19.3 Å². The van der Waals surface area contributed by atoms with E-state index >= 15 is 0 Å². The lowest BCUT2D eigenvalue weighted by atomic mass is 9.71. The zero-order valence-corrected chi connectivity index (χ0v) is 11.3. The molecule has 3 nitrogen and oxygen atoms in total. The van der Waals surface area contributed by atoms with Crippen LogP contribution in [0.4, 0.5) is 0 Å². The average molecular weight is 269 g/mol. The number of nitrogens with one attached hydrogen (secondary N) is 1. The number of carbonyl (C=O) groups is 1. The van der Waals surface area contributed by atoms with Gasteiger partial charge in [-0.25, -0.2) is 0 Å². The first-order valence-corrected chi connectivity index (χ1v) is 6.33. The Kier molecular flexibility index (Phi) is 5.63. The van der Waals surface area contributed by atoms with E-state index in [4.69, 9.17) is 5.73 Å². The monoisotopic (exact) mass is 268 g/mol. The number of hydrogen-bond acceptors (Lipinski definition) is 2. The van der Waals surface area contributed by atoms with Crippen molar-refractivity contribution in [3.05, 3.63) is 35.9 Å². The standard InChI is InChI=1S/C14H20N2O.ClH/c15-11-4-8-13(17)16-14(9-5-10-14)12-6-2-1-3-7-12;/h1-3,6-7H,4-5,8-11,15H2,(H,16,17);1H. The van der Waals surface area contributed by atoms with Gasteiger partial charge in [0.15, 0.2) is 0 Å². The van der Waals surface area contributed by atoms with Gasteiger partial charge in [0.25, 0.3) is 0 Å². The van der Waals surface area contributed by atoms with Crippen molar-refractivity contribution in [1.29, 1.82) is 0 Å². The van der Waals surface area contributed by atoms with E-state index in [9.17, 15) is 4.79 Å². The number of amides is 1. The smallest absolute Gasteiger partial charge is 0.220 e. The van der Waals surface area contributed by atoms with Crippen LogP contribution in [0.5, 0.6) is 0 Å². The van der Waals surface area contributed by atoms with Crippen molar-refractivity contribution in [2.45, 2.75) is 37.6 Å². The molecule has 2 rings (SSSR count). The first-order valence-electron chi connectivity index (χ1n) is 6.33. The van der Waals surface area contributed by atoms with Crippen LogP contribution in [0.15, 0.2) is 30.3 Å². The Hall–Kier alpha value is -1.06. The van der Waals surface area contributed by atoms with Crippen LogP contribution in [0, 0.1) is 0 Å². The molecule has 1 aromatic carbocycles. The van der Waals surface area contributed by atoms with Gasteiger partial charge in [-0.1, -0.05) is 30.3 Å². The number of halogens is 1. The third-order valence-electron chi connectivity index (χ3n) is 3.52. The molecule has 1 amide bonds. The lowest BCUT2D eigenvalue weighted by Gasteiger charge is -2.43. The predicted octanol–water partition coefficient (Wildman–Crippen LogP) is 2.34. The van der Waals surface area contributed by atoms with Crippen LogP contribution < -0.4 is 11.1 Å². The highest BCUT2D eigenvalue weighted by Gasteiger charge is 2.39. The van der Waals surface area contributed by atoms with Crippen molar-refractivity contribution in [3.8, 4) is 0 Å². The van der Waals surface area contributed by atoms with Gasteiger partial charge in [0.05, 0.1) is 5.54 Å². The molecule has 100 valence electrons. The van der Waals surface area contributed by atoms with Gasteiger partial charge in [0.2, 0.25) is 5.91 Å². The van der Waals surface area contributed by atoms with E-state index in [-0.39, 0.29) is 23.9 Å². The zero-order valence-electron chi connectivity index (χ0n) is 10.5. The molecular formula is C14H21ClN2O. The molecule has 1 fully saturated rings. The first kappa shape index (κ1) is 15.0. The van der Waals surface area contributed by atoms with Crippen LogP contribution in [-0.2, 0) is 10.3 Å². The Morgan fingerprint density at radius 2 is 1.94 bits per heavy atom. The first-order chi connectivity index (χ1) is 8.27. The van der Waals surface area contributed by atoms with Crippen LogP contribution in [-0.4, -0.2) is 12.5 Å². The molecular weight excluding hydrogens is 248 g/mol. The van der Waals surface area contributed by atoms with E-state index in [2.05, 4.69) is 17.4 Å². The number of rotatable bonds is 5. The highest BCUT2D eigenvalue weighted by Crippen LogP contribution is 2.41. The lowest BCUT2D eigenvalue weighted by molar-refractivity contribution is -0.124. The molecule has 3 N–H and O–H groups in total. The second kappa shape index (κ2) is 6.76. The summed E-state index contributed by atoms with van der Waals surface area (Å²) in [5.41, 5.74) is 6.54. The van der Waals surface area contributed by atoms with Crippen LogP contribution in [0.2, 0.25) is 0 Å². The Morgan fingerprint density at radius 1 is 1.28 bits per heavy atom. The van der Waals surface area contributed by atoms with Gasteiger partial charge in [-0.15, -0.1) is 12.4 Å². The van der Waals surface area contributed by atoms with Crippen LogP contribution >= 0.6 is 12.4 Å². The Morgan fingerprint density at radius 3 is 2.44 bits per heavy atom. The Labute approximate surface area is 115 Å². The van der Waals surface area contributed by atoms with Gasteiger partial charge in [-0.2, -0.15) is 0 Å². The van der Waals surface area contributed by atoms with E-state index in [0.29, 0.717) is 13.0 Å². The molecule has 0 bridgehead atoms. The van der Waals surface area contributed by atoms with Crippen molar-refractivity contribution >= 4 is 18.3 Å². The van der Waals surface area contributed by atoms with E-state index in [1.54, 1.807) is 0 Å². The van der Waals surface area contributed by atoms with Crippen LogP contribution in [0.1, 0.15) is 37.7 Å². The highest BCUT2D eigenvalue weighted by atomic mass is 35.5. The Balaban J connectivity index is 0.00000162. The van der Waals surface area contributed by atoms with Gasteiger partial charge >= 0.3 is 0 Å². The van der Waals surface area contributed by atoms with Crippen molar-refractivity contribution < 1.29 is 4.79 Å². The third kappa shape index (κ3) is 3.24. The molecule has 0 heterocycles. The average Bonchev–Trinajstić information content (AvgIpc) is 2.32. The second-order valence-corrected chi connectivity index (χ2v) is 4.74. The summed E-state index contributed by atoms with van der Waals surface area (Å²) in [6, 6.07) is 10.3. The number of carbonyl (C=O) groups excluding carboxylic acids is 1. The molecule has 0 atom stereocenters. The predicted molar refractivity (Wildman–Crippen MR) is 75.7 cm³/mol. The van der Waals surface area contributed by atoms with E-state index < -0.39 is 0 Å². The van der Waals surface area contributed by atoms with Gasteiger partial charge in [-0.3, -0.25) is 4.79 Å². The summed E-state index contributed by atoms with van der Waals surface area (Å²) >= 11 is 0. The quantitative estimate of drug-likeness (QED) is 0.861. The van der Waals surface area contributed by atoms with Crippen LogP contribution in [0.25, 0.3) is 0 Å². The summed E-state index contributed by atoms with van der Waals surface area (Å²) in [5, 5.41) is 3.19. The fourth-order valence-corrected chi connectivity index (χ4v) is 2.37. The van der Waals surface area contributed by atoms with Crippen molar-refractivity contribution in [1.82, 2.24) is 5.32 Å². The molecule has 1 aliphatic rings. The maximum Gasteiger partial charge on any atom is 0.220 e. The molecule has 1 saturated carbocycles. The van der Waals surface area contributed by atoms with E-state index in [1.165, 1.54) is 12.0 Å². The molecule has 0 aliphatic heterocycles. The zero-order chi connectivity index (χ0) is 12.1. The normalized spacial score (nSPS) is 16.3. The number of nitrogens with two attached hydrogens (primary N) is 1. The largest absolute Gasteiger partial charge is 0.347 e. The van der Waals surface area contributed by atoms with Crippen LogP contribution in [0.3, 0.4) is 0 Å². The minimum atomic E-state index is -0.104. The molecule has 1 aliphatic carbocycles. The minimum Gasteiger partial charge on any atom is -0.347 e. The van der Waals surface area contributed by atoms with Gasteiger partial charge < -0.3 is 11.1 Å². The topological polar surface area (TPSA) is 55.1 Å². The summed E-state index contributed by atoms with van der Waals surface area (Å²) in [7, 11) is 0. The van der Waals surface area contributed by atoms with Crippen molar-refractivity contribution in [2.75, 3.05) is 6.54 Å². The number of benzene rings is 1. The summed E-state index contributed by atoms with van der Waals surface area (Å²) in [4.78, 5) is 11.8. The maximum absolute atomic E-state index is 11.8. The Bertz CT molecular complexity index is 377. The molecule has 0 aromatic heterocycles. The molecule has 0 radical (unpaired) electrons. The summed E-state index contributed by atoms with van der Waals surface area (Å²) in [6.45, 7) is 0.575. The fraction of sp³-hybridized carbons (Fsp3) is 0.500. The van der Waals surface area contributed by atoms with Crippen molar-refractivity contribution in [3.63, 3.8) is 0 Å². The molecule has 18 heavy (non-hydrogen) atoms. The molecule has 0 spiro atoms. The lowest BCUT2D eigenvalue weighted by Crippen LogP contribution is -2.50. The number of hydrogen-bond donors (Lipinski definition) is 2. The van der Waals surface area contributed by atoms with Gasteiger partial charge in [-0.05, 0) is 37.8 Å². The van der Waals surface area contributed by atoms with Crippen molar-refractivity contribution in [2.24, 2.45) is 5.73 Å². The summed E-state index contributed by atoms with van der Waals surface area (Å²) in [5.74, 6) is 0.124. The van der Waals surface area contributed by atoms with Gasteiger partial charge in [0, 0.05) is 6.42 Å². The SMILES string of the molecule is Cl.NCCCC(=O)NC1(c2ccccc2)CCC1. The molecule has 1 aromatic rings. The maximum atomic E-state index is 11.8. The highest BCUT2D eigenvalue weighted by molar-refractivity contribution is 5.85.